The molecule has 5 nitrogen and oxygen atoms in total. The summed E-state index contributed by atoms with van der Waals surface area (Å²) in [6.45, 7) is 2.75. The maximum atomic E-state index is 5.39. The Kier molecular flexibility index (Phi) is 3.91. The normalized spacial score (nSPS) is 16.7. The summed E-state index contributed by atoms with van der Waals surface area (Å²) in [5.41, 5.74) is 3.53. The quantitative estimate of drug-likeness (QED) is 0.610. The highest BCUT2D eigenvalue weighted by molar-refractivity contribution is 5.33. The second-order valence-corrected chi connectivity index (χ2v) is 4.81. The minimum atomic E-state index is 0.687. The second kappa shape index (κ2) is 5.42. The van der Waals surface area contributed by atoms with Crippen molar-refractivity contribution in [2.24, 2.45) is 5.84 Å². The van der Waals surface area contributed by atoms with Gasteiger partial charge < -0.3 is 5.43 Å². The van der Waals surface area contributed by atoms with Crippen molar-refractivity contribution in [2.45, 2.75) is 45.2 Å². The summed E-state index contributed by atoms with van der Waals surface area (Å²) in [7, 11) is 2.15. The molecule has 0 saturated heterocycles. The summed E-state index contributed by atoms with van der Waals surface area (Å²) in [5.74, 6) is 6.91. The molecule has 0 bridgehead atoms. The molecule has 1 fully saturated rings. The first-order valence-corrected chi connectivity index (χ1v) is 6.20. The van der Waals surface area contributed by atoms with Crippen LogP contribution in [0.5, 0.6) is 0 Å². The molecule has 1 aliphatic carbocycles. The first-order valence-electron chi connectivity index (χ1n) is 6.20. The lowest BCUT2D eigenvalue weighted by atomic mass is 10.2. The number of aryl methyl sites for hydroxylation is 1. The van der Waals surface area contributed by atoms with Crippen LogP contribution in [0.25, 0.3) is 0 Å². The molecule has 0 spiro atoms. The van der Waals surface area contributed by atoms with Gasteiger partial charge >= 0.3 is 0 Å². The SMILES string of the molecule is Cc1cc(NN)nc(CN(C)C2CCCC2)n1. The highest BCUT2D eigenvalue weighted by Gasteiger charge is 2.20. The standard InChI is InChI=1S/C12H21N5/c1-9-7-11(16-13)15-12(14-9)8-17(2)10-5-3-4-6-10/h7,10H,3-6,8,13H2,1-2H3,(H,14,15,16). The highest BCUT2D eigenvalue weighted by atomic mass is 15.3. The largest absolute Gasteiger partial charge is 0.308 e. The Morgan fingerprint density at radius 3 is 2.76 bits per heavy atom. The van der Waals surface area contributed by atoms with E-state index in [0.717, 1.165) is 18.1 Å². The summed E-state index contributed by atoms with van der Waals surface area (Å²) in [5, 5.41) is 0. The van der Waals surface area contributed by atoms with Crippen molar-refractivity contribution in [3.8, 4) is 0 Å². The Hall–Kier alpha value is -1.20. The van der Waals surface area contributed by atoms with E-state index >= 15 is 0 Å². The number of anilines is 1. The lowest BCUT2D eigenvalue weighted by Crippen LogP contribution is -2.29. The Morgan fingerprint density at radius 1 is 1.41 bits per heavy atom. The van der Waals surface area contributed by atoms with Gasteiger partial charge in [0.15, 0.2) is 0 Å². The molecule has 1 aromatic heterocycles. The van der Waals surface area contributed by atoms with Gasteiger partial charge in [0, 0.05) is 17.8 Å². The predicted molar refractivity (Wildman–Crippen MR) is 68.3 cm³/mol. The van der Waals surface area contributed by atoms with Gasteiger partial charge in [-0.15, -0.1) is 0 Å². The van der Waals surface area contributed by atoms with Gasteiger partial charge in [-0.1, -0.05) is 12.8 Å². The van der Waals surface area contributed by atoms with Gasteiger partial charge in [0.25, 0.3) is 0 Å². The molecule has 0 radical (unpaired) electrons. The average Bonchev–Trinajstić information content (AvgIpc) is 2.81. The summed E-state index contributed by atoms with van der Waals surface area (Å²) >= 11 is 0. The number of hydrogen-bond acceptors (Lipinski definition) is 5. The fraction of sp³-hybridized carbons (Fsp3) is 0.667. The predicted octanol–water partition coefficient (Wildman–Crippen LogP) is 1.45. The van der Waals surface area contributed by atoms with E-state index in [1.54, 1.807) is 0 Å². The molecule has 0 atom stereocenters. The van der Waals surface area contributed by atoms with Crippen molar-refractivity contribution in [1.29, 1.82) is 0 Å². The lowest BCUT2D eigenvalue weighted by Gasteiger charge is -2.23. The van der Waals surface area contributed by atoms with Crippen LogP contribution in [0.4, 0.5) is 5.82 Å². The van der Waals surface area contributed by atoms with Crippen molar-refractivity contribution < 1.29 is 0 Å². The summed E-state index contributed by atoms with van der Waals surface area (Å²) in [6.07, 6.45) is 5.28. The minimum absolute atomic E-state index is 0.687. The molecule has 0 aliphatic heterocycles. The van der Waals surface area contributed by atoms with E-state index in [0.29, 0.717) is 11.9 Å². The topological polar surface area (TPSA) is 67.1 Å². The summed E-state index contributed by atoms with van der Waals surface area (Å²) < 4.78 is 0. The lowest BCUT2D eigenvalue weighted by molar-refractivity contribution is 0.232. The molecule has 0 aromatic carbocycles. The van der Waals surface area contributed by atoms with E-state index in [4.69, 9.17) is 5.84 Å². The Bertz CT molecular complexity index is 373. The van der Waals surface area contributed by atoms with Crippen LogP contribution in [0.2, 0.25) is 0 Å². The van der Waals surface area contributed by atoms with Gasteiger partial charge in [0.1, 0.15) is 11.6 Å². The van der Waals surface area contributed by atoms with Crippen LogP contribution in [0.3, 0.4) is 0 Å². The van der Waals surface area contributed by atoms with E-state index in [2.05, 4.69) is 27.3 Å². The molecule has 1 aliphatic rings. The van der Waals surface area contributed by atoms with E-state index in [9.17, 15) is 0 Å². The number of rotatable bonds is 4. The Labute approximate surface area is 102 Å². The Balaban J connectivity index is 2.04. The molecule has 5 heteroatoms. The molecule has 0 unspecified atom stereocenters. The van der Waals surface area contributed by atoms with E-state index in [-0.39, 0.29) is 0 Å². The van der Waals surface area contributed by atoms with Gasteiger partial charge in [-0.05, 0) is 26.8 Å². The molecule has 17 heavy (non-hydrogen) atoms. The number of aromatic nitrogens is 2. The molecule has 94 valence electrons. The Morgan fingerprint density at radius 2 is 2.12 bits per heavy atom. The van der Waals surface area contributed by atoms with Crippen LogP contribution in [-0.2, 0) is 6.54 Å². The molecule has 1 saturated carbocycles. The average molecular weight is 235 g/mol. The first kappa shape index (κ1) is 12.3. The molecular formula is C12H21N5. The zero-order valence-corrected chi connectivity index (χ0v) is 10.6. The van der Waals surface area contributed by atoms with Gasteiger partial charge in [0.05, 0.1) is 6.54 Å². The second-order valence-electron chi connectivity index (χ2n) is 4.81. The van der Waals surface area contributed by atoms with E-state index in [1.165, 1.54) is 25.7 Å². The van der Waals surface area contributed by atoms with Crippen LogP contribution in [0.1, 0.15) is 37.2 Å². The zero-order valence-electron chi connectivity index (χ0n) is 10.6. The summed E-state index contributed by atoms with van der Waals surface area (Å²) in [4.78, 5) is 11.2. The smallest absolute Gasteiger partial charge is 0.145 e. The van der Waals surface area contributed by atoms with E-state index < -0.39 is 0 Å². The number of hydrogen-bond donors (Lipinski definition) is 2. The maximum Gasteiger partial charge on any atom is 0.145 e. The van der Waals surface area contributed by atoms with Crippen LogP contribution in [-0.4, -0.2) is 28.0 Å². The van der Waals surface area contributed by atoms with Gasteiger partial charge in [-0.3, -0.25) is 4.90 Å². The van der Waals surface area contributed by atoms with Crippen LogP contribution in [0, 0.1) is 6.92 Å². The van der Waals surface area contributed by atoms with Crippen LogP contribution >= 0.6 is 0 Å². The first-order chi connectivity index (χ1) is 8.19. The number of nitrogens with two attached hydrogens (primary N) is 1. The minimum Gasteiger partial charge on any atom is -0.308 e. The third-order valence-electron chi connectivity index (χ3n) is 3.39. The van der Waals surface area contributed by atoms with Gasteiger partial charge in [0.2, 0.25) is 0 Å². The zero-order chi connectivity index (χ0) is 12.3. The fourth-order valence-corrected chi connectivity index (χ4v) is 2.47. The summed E-state index contributed by atoms with van der Waals surface area (Å²) in [6, 6.07) is 2.53. The van der Waals surface area contributed by atoms with Crippen molar-refractivity contribution in [3.05, 3.63) is 17.6 Å². The van der Waals surface area contributed by atoms with Crippen molar-refractivity contribution >= 4 is 5.82 Å². The van der Waals surface area contributed by atoms with Crippen molar-refractivity contribution in [1.82, 2.24) is 14.9 Å². The molecule has 1 aromatic rings. The number of nitrogens with one attached hydrogen (secondary N) is 1. The van der Waals surface area contributed by atoms with Crippen LogP contribution in [0.15, 0.2) is 6.07 Å². The van der Waals surface area contributed by atoms with Crippen molar-refractivity contribution in [3.63, 3.8) is 0 Å². The van der Waals surface area contributed by atoms with Crippen molar-refractivity contribution in [2.75, 3.05) is 12.5 Å². The fourth-order valence-electron chi connectivity index (χ4n) is 2.47. The highest BCUT2D eigenvalue weighted by Crippen LogP contribution is 2.23. The third-order valence-corrected chi connectivity index (χ3v) is 3.39. The third kappa shape index (κ3) is 3.14. The molecule has 1 heterocycles. The molecular weight excluding hydrogens is 214 g/mol. The number of nitrogens with zero attached hydrogens (tertiary/aromatic N) is 3. The van der Waals surface area contributed by atoms with Gasteiger partial charge in [-0.25, -0.2) is 15.8 Å². The van der Waals surface area contributed by atoms with Crippen LogP contribution < -0.4 is 11.3 Å². The molecule has 3 N–H and O–H groups in total. The number of hydrazine groups is 1. The number of nitrogen functional groups attached to an aromatic ring is 1. The van der Waals surface area contributed by atoms with E-state index in [1.807, 2.05) is 13.0 Å². The molecule has 0 amide bonds. The maximum absolute atomic E-state index is 5.39. The van der Waals surface area contributed by atoms with Gasteiger partial charge in [-0.2, -0.15) is 0 Å². The monoisotopic (exact) mass is 235 g/mol. The molecule has 2 rings (SSSR count).